The van der Waals surface area contributed by atoms with Gasteiger partial charge in [-0.3, -0.25) is 14.5 Å². The lowest BCUT2D eigenvalue weighted by atomic mass is 10.2. The number of unbranched alkanes of at least 4 members (excludes halogenated alkanes) is 2. The first-order valence-electron chi connectivity index (χ1n) is 7.49. The maximum Gasteiger partial charge on any atom is 0.220 e. The van der Waals surface area contributed by atoms with Crippen molar-refractivity contribution in [3.63, 3.8) is 0 Å². The average Bonchev–Trinajstić information content (AvgIpc) is 2.43. The summed E-state index contributed by atoms with van der Waals surface area (Å²) in [6.07, 6.45) is 3.35. The van der Waals surface area contributed by atoms with Gasteiger partial charge in [-0.05, 0) is 12.8 Å². The van der Waals surface area contributed by atoms with E-state index in [2.05, 4.69) is 15.5 Å². The van der Waals surface area contributed by atoms with E-state index in [1.807, 2.05) is 0 Å². The largest absolute Gasteiger partial charge is 0.379 e. The van der Waals surface area contributed by atoms with E-state index in [4.69, 9.17) is 4.74 Å². The fourth-order valence-electron chi connectivity index (χ4n) is 2.12. The molecule has 0 atom stereocenters. The summed E-state index contributed by atoms with van der Waals surface area (Å²) in [5.41, 5.74) is 0. The summed E-state index contributed by atoms with van der Waals surface area (Å²) in [4.78, 5) is 24.6. The number of morpholine rings is 1. The van der Waals surface area contributed by atoms with E-state index in [0.29, 0.717) is 19.5 Å². The third-order valence-corrected chi connectivity index (χ3v) is 3.31. The van der Waals surface area contributed by atoms with E-state index in [1.54, 1.807) is 0 Å². The molecule has 0 aromatic heterocycles. The van der Waals surface area contributed by atoms with Crippen LogP contribution in [0.15, 0.2) is 0 Å². The van der Waals surface area contributed by atoms with Gasteiger partial charge < -0.3 is 15.4 Å². The van der Waals surface area contributed by atoms with Crippen molar-refractivity contribution in [1.29, 1.82) is 0 Å². The van der Waals surface area contributed by atoms with E-state index < -0.39 is 0 Å². The van der Waals surface area contributed by atoms with Gasteiger partial charge in [0.15, 0.2) is 0 Å². The molecular formula is C14H27N3O3. The average molecular weight is 285 g/mol. The Morgan fingerprint density at radius 2 is 1.80 bits per heavy atom. The molecule has 2 N–H and O–H groups in total. The smallest absolute Gasteiger partial charge is 0.220 e. The van der Waals surface area contributed by atoms with E-state index in [1.165, 1.54) is 6.92 Å². The summed E-state index contributed by atoms with van der Waals surface area (Å²) in [6.45, 7) is 7.33. The van der Waals surface area contributed by atoms with E-state index in [9.17, 15) is 9.59 Å². The molecule has 6 heteroatoms. The zero-order chi connectivity index (χ0) is 14.6. The normalized spacial score (nSPS) is 15.8. The van der Waals surface area contributed by atoms with Crippen LogP contribution in [-0.4, -0.2) is 62.7 Å². The number of rotatable bonds is 9. The Kier molecular flexibility index (Phi) is 8.98. The van der Waals surface area contributed by atoms with Gasteiger partial charge in [0.1, 0.15) is 0 Å². The molecule has 1 rings (SSSR count). The van der Waals surface area contributed by atoms with Gasteiger partial charge in [-0.1, -0.05) is 6.42 Å². The molecule has 20 heavy (non-hydrogen) atoms. The van der Waals surface area contributed by atoms with E-state index in [0.717, 1.165) is 52.1 Å². The second-order valence-electron chi connectivity index (χ2n) is 5.10. The number of hydrogen-bond donors (Lipinski definition) is 2. The van der Waals surface area contributed by atoms with Crippen molar-refractivity contribution in [2.75, 3.05) is 45.9 Å². The lowest BCUT2D eigenvalue weighted by molar-refractivity contribution is -0.121. The molecule has 2 amide bonds. The van der Waals surface area contributed by atoms with Gasteiger partial charge in [-0.25, -0.2) is 0 Å². The van der Waals surface area contributed by atoms with Crippen LogP contribution in [0.25, 0.3) is 0 Å². The zero-order valence-corrected chi connectivity index (χ0v) is 12.5. The Bertz CT molecular complexity index is 291. The molecule has 1 heterocycles. The van der Waals surface area contributed by atoms with Crippen LogP contribution in [0.1, 0.15) is 32.6 Å². The first-order chi connectivity index (χ1) is 9.68. The van der Waals surface area contributed by atoms with E-state index in [-0.39, 0.29) is 11.8 Å². The van der Waals surface area contributed by atoms with Crippen LogP contribution in [0, 0.1) is 0 Å². The molecule has 0 aromatic rings. The van der Waals surface area contributed by atoms with Crippen LogP contribution in [-0.2, 0) is 14.3 Å². The molecule has 116 valence electrons. The Hall–Kier alpha value is -1.14. The van der Waals surface area contributed by atoms with Gasteiger partial charge >= 0.3 is 0 Å². The lowest BCUT2D eigenvalue weighted by Gasteiger charge is -2.26. The molecule has 0 aliphatic carbocycles. The Labute approximate surface area is 121 Å². The highest BCUT2D eigenvalue weighted by Gasteiger charge is 2.09. The topological polar surface area (TPSA) is 70.7 Å². The first-order valence-corrected chi connectivity index (χ1v) is 7.49. The summed E-state index contributed by atoms with van der Waals surface area (Å²) < 4.78 is 5.27. The highest BCUT2D eigenvalue weighted by Crippen LogP contribution is 1.99. The van der Waals surface area contributed by atoms with Crippen LogP contribution in [0.2, 0.25) is 0 Å². The zero-order valence-electron chi connectivity index (χ0n) is 12.5. The highest BCUT2D eigenvalue weighted by atomic mass is 16.5. The van der Waals surface area contributed by atoms with Gasteiger partial charge in [0.2, 0.25) is 11.8 Å². The Morgan fingerprint density at radius 1 is 1.05 bits per heavy atom. The van der Waals surface area contributed by atoms with Gasteiger partial charge in [0, 0.05) is 46.1 Å². The fraction of sp³-hybridized carbons (Fsp3) is 0.857. The molecule has 0 spiro atoms. The van der Waals surface area contributed by atoms with Gasteiger partial charge in [0.05, 0.1) is 13.2 Å². The van der Waals surface area contributed by atoms with Crippen molar-refractivity contribution in [3.8, 4) is 0 Å². The molecule has 0 bridgehead atoms. The predicted octanol–water partition coefficient (Wildman–Crippen LogP) is 0.131. The second-order valence-corrected chi connectivity index (χ2v) is 5.10. The molecule has 1 aliphatic rings. The number of carbonyl (C=O) groups is 2. The lowest BCUT2D eigenvalue weighted by Crippen LogP contribution is -2.41. The number of carbonyl (C=O) groups excluding carboxylic acids is 2. The van der Waals surface area contributed by atoms with Crippen molar-refractivity contribution >= 4 is 11.8 Å². The summed E-state index contributed by atoms with van der Waals surface area (Å²) >= 11 is 0. The number of hydrogen-bond acceptors (Lipinski definition) is 4. The summed E-state index contributed by atoms with van der Waals surface area (Å²) in [7, 11) is 0. The van der Waals surface area contributed by atoms with Crippen LogP contribution in [0.4, 0.5) is 0 Å². The summed E-state index contributed by atoms with van der Waals surface area (Å²) in [5.74, 6) is 0.128. The molecule has 0 aromatic carbocycles. The van der Waals surface area contributed by atoms with Crippen LogP contribution in [0.3, 0.4) is 0 Å². The standard InChI is InChI=1S/C14H27N3O3/c1-13(18)15-6-4-2-3-5-14(19)16-7-8-17-9-11-20-12-10-17/h2-12H2,1H3,(H,15,18)(H,16,19). The van der Waals surface area contributed by atoms with Crippen molar-refractivity contribution in [2.24, 2.45) is 0 Å². The number of amides is 2. The molecule has 6 nitrogen and oxygen atoms in total. The number of nitrogens with one attached hydrogen (secondary N) is 2. The van der Waals surface area contributed by atoms with Crippen LogP contribution >= 0.6 is 0 Å². The van der Waals surface area contributed by atoms with Crippen LogP contribution in [0.5, 0.6) is 0 Å². The molecule has 0 unspecified atom stereocenters. The molecular weight excluding hydrogens is 258 g/mol. The SMILES string of the molecule is CC(=O)NCCCCCC(=O)NCCN1CCOCC1. The van der Waals surface area contributed by atoms with Crippen molar-refractivity contribution < 1.29 is 14.3 Å². The van der Waals surface area contributed by atoms with Crippen LogP contribution < -0.4 is 10.6 Å². The second kappa shape index (κ2) is 10.6. The number of nitrogens with zero attached hydrogens (tertiary/aromatic N) is 1. The summed E-state index contributed by atoms with van der Waals surface area (Å²) in [6, 6.07) is 0. The molecule has 1 fully saturated rings. The third kappa shape index (κ3) is 8.87. The summed E-state index contributed by atoms with van der Waals surface area (Å²) in [5, 5.41) is 5.70. The van der Waals surface area contributed by atoms with Crippen molar-refractivity contribution in [2.45, 2.75) is 32.6 Å². The minimum absolute atomic E-state index is 0.00542. The third-order valence-electron chi connectivity index (χ3n) is 3.31. The fourth-order valence-corrected chi connectivity index (χ4v) is 2.12. The van der Waals surface area contributed by atoms with Gasteiger partial charge in [-0.15, -0.1) is 0 Å². The first kappa shape index (κ1) is 16.9. The maximum absolute atomic E-state index is 11.6. The minimum atomic E-state index is 0.00542. The molecule has 0 radical (unpaired) electrons. The molecule has 1 saturated heterocycles. The number of ether oxygens (including phenoxy) is 1. The molecule has 0 saturated carbocycles. The Balaban J connectivity index is 1.88. The predicted molar refractivity (Wildman–Crippen MR) is 77.4 cm³/mol. The van der Waals surface area contributed by atoms with Crippen molar-refractivity contribution in [3.05, 3.63) is 0 Å². The highest BCUT2D eigenvalue weighted by molar-refractivity contribution is 5.75. The quantitative estimate of drug-likeness (QED) is 0.591. The Morgan fingerprint density at radius 3 is 2.50 bits per heavy atom. The van der Waals surface area contributed by atoms with Gasteiger partial charge in [0.25, 0.3) is 0 Å². The monoisotopic (exact) mass is 285 g/mol. The van der Waals surface area contributed by atoms with Crippen molar-refractivity contribution in [1.82, 2.24) is 15.5 Å². The minimum Gasteiger partial charge on any atom is -0.379 e. The molecule has 1 aliphatic heterocycles. The van der Waals surface area contributed by atoms with Gasteiger partial charge in [-0.2, -0.15) is 0 Å². The maximum atomic E-state index is 11.6. The van der Waals surface area contributed by atoms with E-state index >= 15 is 0 Å².